The number of aromatic amines is 1. The third kappa shape index (κ3) is 11.1. The highest BCUT2D eigenvalue weighted by Crippen LogP contribution is 1.84. The number of aliphatic carboxylic acids is 1. The van der Waals surface area contributed by atoms with E-state index >= 15 is 0 Å². The summed E-state index contributed by atoms with van der Waals surface area (Å²) >= 11 is 0. The van der Waals surface area contributed by atoms with Gasteiger partial charge in [-0.25, -0.2) is 4.57 Å². The zero-order valence-corrected chi connectivity index (χ0v) is 10.3. The zero-order chi connectivity index (χ0) is 10.1. The summed E-state index contributed by atoms with van der Waals surface area (Å²) in [6.45, 7) is 4.42. The summed E-state index contributed by atoms with van der Waals surface area (Å²) in [5.74, 6) is -0.833. The van der Waals surface area contributed by atoms with Gasteiger partial charge in [0.25, 0.3) is 5.97 Å². The number of nitrogens with zero attached hydrogens (tertiary/aromatic N) is 1. The molecule has 14 heavy (non-hydrogen) atoms. The van der Waals surface area contributed by atoms with Gasteiger partial charge in [-0.3, -0.25) is 9.78 Å². The van der Waals surface area contributed by atoms with Crippen LogP contribution in [0.3, 0.4) is 0 Å². The van der Waals surface area contributed by atoms with Crippen molar-refractivity contribution in [2.75, 3.05) is 0 Å². The van der Waals surface area contributed by atoms with Crippen molar-refractivity contribution < 1.29 is 14.5 Å². The molecule has 1 atom stereocenters. The van der Waals surface area contributed by atoms with Gasteiger partial charge < -0.3 is 5.11 Å². The van der Waals surface area contributed by atoms with Crippen LogP contribution in [-0.4, -0.2) is 16.1 Å². The molecule has 0 saturated carbocycles. The van der Waals surface area contributed by atoms with Gasteiger partial charge in [0.15, 0.2) is 0 Å². The summed E-state index contributed by atoms with van der Waals surface area (Å²) in [6, 6.07) is 0. The fraction of sp³-hybridized carbons (Fsp3) is 0.556. The van der Waals surface area contributed by atoms with Crippen LogP contribution in [0.2, 0.25) is 0 Å². The average molecular weight is 219 g/mol. The predicted octanol–water partition coefficient (Wildman–Crippen LogP) is 1.25. The number of carbonyl (C=O) groups is 1. The Labute approximate surface area is 88.0 Å². The van der Waals surface area contributed by atoms with E-state index in [1.807, 2.05) is 12.5 Å². The van der Waals surface area contributed by atoms with Crippen LogP contribution < -0.4 is 4.57 Å². The maximum atomic E-state index is 9.00. The molecule has 2 N–H and O–H groups in total. The Morgan fingerprint density at radius 1 is 1.57 bits per heavy atom. The molecule has 0 fully saturated rings. The summed E-state index contributed by atoms with van der Waals surface area (Å²) in [4.78, 5) is 12.0. The molecule has 1 aromatic rings. The van der Waals surface area contributed by atoms with Crippen LogP contribution in [0.15, 0.2) is 18.7 Å². The number of carboxylic acids is 1. The zero-order valence-electron chi connectivity index (χ0n) is 8.86. The fourth-order valence-electron chi connectivity index (χ4n) is 0.800. The van der Waals surface area contributed by atoms with Crippen molar-refractivity contribution in [3.63, 3.8) is 0 Å². The third-order valence-electron chi connectivity index (χ3n) is 1.37. The minimum atomic E-state index is -0.833. The maximum absolute atomic E-state index is 9.00. The smallest absolute Gasteiger partial charge is 0.300 e. The molecule has 0 saturated heterocycles. The Kier molecular flexibility index (Phi) is 11.3. The van der Waals surface area contributed by atoms with E-state index < -0.39 is 5.97 Å². The molecule has 1 heterocycles. The first-order valence-electron chi connectivity index (χ1n) is 4.38. The highest BCUT2D eigenvalue weighted by Gasteiger charge is 1.92. The van der Waals surface area contributed by atoms with Gasteiger partial charge in [0, 0.05) is 6.92 Å². The van der Waals surface area contributed by atoms with Crippen molar-refractivity contribution in [3.05, 3.63) is 18.7 Å². The lowest BCUT2D eigenvalue weighted by Crippen LogP contribution is -2.29. The monoisotopic (exact) mass is 219 g/mol. The minimum Gasteiger partial charge on any atom is -0.481 e. The second kappa shape index (κ2) is 10.2. The Balaban J connectivity index is 0. The number of aromatic nitrogens is 2. The summed E-state index contributed by atoms with van der Waals surface area (Å²) in [5.41, 5.74) is 0. The van der Waals surface area contributed by atoms with E-state index in [-0.39, 0.29) is 9.90 Å². The van der Waals surface area contributed by atoms with E-state index in [0.29, 0.717) is 0 Å². The second-order valence-electron chi connectivity index (χ2n) is 2.72. The molecule has 1 unspecified atom stereocenters. The molecule has 1 aromatic heterocycles. The number of H-pyrrole nitrogens is 1. The van der Waals surface area contributed by atoms with Crippen LogP contribution in [0, 0.1) is 0 Å². The van der Waals surface area contributed by atoms with Crippen molar-refractivity contribution in [1.82, 2.24) is 4.98 Å². The molecule has 0 aromatic carbocycles. The molecule has 0 aliphatic rings. The molecule has 1 rings (SSSR count). The SMILES string of the molecule is CC(=O)O.CCCC[n+]1cc[nH]c1.P. The molecular weight excluding hydrogens is 199 g/mol. The Bertz CT molecular complexity index is 221. The van der Waals surface area contributed by atoms with Gasteiger partial charge in [-0.05, 0) is 6.42 Å². The second-order valence-corrected chi connectivity index (χ2v) is 2.72. The van der Waals surface area contributed by atoms with Crippen molar-refractivity contribution in [2.24, 2.45) is 0 Å². The van der Waals surface area contributed by atoms with Crippen LogP contribution in [-0.2, 0) is 11.3 Å². The first kappa shape index (κ1) is 15.6. The van der Waals surface area contributed by atoms with Gasteiger partial charge in [0.1, 0.15) is 12.4 Å². The Morgan fingerprint density at radius 3 is 2.50 bits per heavy atom. The number of imidazole rings is 1. The molecule has 0 bridgehead atoms. The van der Waals surface area contributed by atoms with Crippen molar-refractivity contribution in [2.45, 2.75) is 33.2 Å². The van der Waals surface area contributed by atoms with Crippen LogP contribution in [0.4, 0.5) is 0 Å². The van der Waals surface area contributed by atoms with Crippen LogP contribution in [0.1, 0.15) is 26.7 Å². The number of unbranched alkanes of at least 4 members (excludes halogenated alkanes) is 1. The molecule has 0 amide bonds. The average Bonchev–Trinajstić information content (AvgIpc) is 2.51. The van der Waals surface area contributed by atoms with Gasteiger partial charge >= 0.3 is 0 Å². The molecule has 5 heteroatoms. The fourth-order valence-corrected chi connectivity index (χ4v) is 0.800. The summed E-state index contributed by atoms with van der Waals surface area (Å²) in [6.07, 6.45) is 8.50. The Morgan fingerprint density at radius 2 is 2.14 bits per heavy atom. The van der Waals surface area contributed by atoms with E-state index in [4.69, 9.17) is 9.90 Å². The first-order valence-corrected chi connectivity index (χ1v) is 4.38. The molecular formula is C9H20N2O2P+. The number of nitrogens with one attached hydrogen (secondary N) is 1. The van der Waals surface area contributed by atoms with Gasteiger partial charge in [-0.15, -0.1) is 0 Å². The minimum absolute atomic E-state index is 0. The normalized spacial score (nSPS) is 8.14. The quantitative estimate of drug-likeness (QED) is 0.593. The summed E-state index contributed by atoms with van der Waals surface area (Å²) in [7, 11) is 0. The number of aryl methyl sites for hydroxylation is 1. The van der Waals surface area contributed by atoms with Crippen LogP contribution in [0.25, 0.3) is 0 Å². The number of carboxylic acid groups (broad SMARTS) is 1. The van der Waals surface area contributed by atoms with Crippen molar-refractivity contribution in [3.8, 4) is 0 Å². The van der Waals surface area contributed by atoms with Crippen molar-refractivity contribution in [1.29, 1.82) is 0 Å². The largest absolute Gasteiger partial charge is 0.481 e. The van der Waals surface area contributed by atoms with Crippen molar-refractivity contribution >= 4 is 15.9 Å². The molecule has 0 radical (unpaired) electrons. The molecule has 0 aliphatic carbocycles. The van der Waals surface area contributed by atoms with Gasteiger partial charge in [-0.1, -0.05) is 13.3 Å². The molecule has 82 valence electrons. The lowest BCUT2D eigenvalue weighted by molar-refractivity contribution is -0.696. The van der Waals surface area contributed by atoms with Gasteiger partial charge in [-0.2, -0.15) is 9.90 Å². The summed E-state index contributed by atoms with van der Waals surface area (Å²) < 4.78 is 2.16. The van der Waals surface area contributed by atoms with E-state index in [1.54, 1.807) is 0 Å². The molecule has 0 aliphatic heterocycles. The van der Waals surface area contributed by atoms with Gasteiger partial charge in [0.2, 0.25) is 6.33 Å². The van der Waals surface area contributed by atoms with E-state index in [2.05, 4.69) is 22.7 Å². The van der Waals surface area contributed by atoms with E-state index in [1.165, 1.54) is 12.8 Å². The van der Waals surface area contributed by atoms with Crippen LogP contribution in [0.5, 0.6) is 0 Å². The number of hydrogen-bond acceptors (Lipinski definition) is 1. The van der Waals surface area contributed by atoms with Gasteiger partial charge in [0.05, 0.1) is 6.54 Å². The first-order chi connectivity index (χ1) is 6.16. The standard InChI is InChI=1S/C7H12N2.C2H4O2.H3P/c1-2-3-5-9-6-4-8-7-9;1-2(3)4;/h4,6-7H,2-3,5H2,1H3;1H3,(H,3,4);1H3/p+1. The topological polar surface area (TPSA) is 57.0 Å². The Hall–Kier alpha value is -0.890. The van der Waals surface area contributed by atoms with E-state index in [0.717, 1.165) is 13.5 Å². The van der Waals surface area contributed by atoms with E-state index in [9.17, 15) is 0 Å². The maximum Gasteiger partial charge on any atom is 0.300 e. The lowest BCUT2D eigenvalue weighted by Gasteiger charge is -1.89. The number of hydrogen-bond donors (Lipinski definition) is 2. The highest BCUT2D eigenvalue weighted by atomic mass is 31.0. The summed E-state index contributed by atoms with van der Waals surface area (Å²) in [5, 5.41) is 7.42. The molecule has 4 nitrogen and oxygen atoms in total. The molecule has 0 spiro atoms. The lowest BCUT2D eigenvalue weighted by atomic mass is 10.3. The third-order valence-corrected chi connectivity index (χ3v) is 1.37. The van der Waals surface area contributed by atoms with Crippen LogP contribution >= 0.6 is 9.90 Å². The number of rotatable bonds is 3. The predicted molar refractivity (Wildman–Crippen MR) is 60.3 cm³/mol. The highest BCUT2D eigenvalue weighted by molar-refractivity contribution is 6.92.